The summed E-state index contributed by atoms with van der Waals surface area (Å²) in [5.41, 5.74) is 6.64. The number of anilines is 2. The molecule has 0 radical (unpaired) electrons. The number of amides is 1. The van der Waals surface area contributed by atoms with Crippen molar-refractivity contribution in [2.24, 2.45) is 7.05 Å². The smallest absolute Gasteiger partial charge is 0.335 e. The molecule has 3 aromatic carbocycles. The van der Waals surface area contributed by atoms with Gasteiger partial charge in [-0.2, -0.15) is 0 Å². The predicted molar refractivity (Wildman–Crippen MR) is 156 cm³/mol. The van der Waals surface area contributed by atoms with Crippen LogP contribution < -0.4 is 10.2 Å². The number of hydrogen-bond donors (Lipinski definition) is 2. The van der Waals surface area contributed by atoms with E-state index in [4.69, 9.17) is 0 Å². The number of aromatic nitrogens is 1. The zero-order chi connectivity index (χ0) is 27.1. The fraction of sp³-hybridized carbons (Fsp3) is 0.250. The van der Waals surface area contributed by atoms with Gasteiger partial charge in [0.25, 0.3) is 5.91 Å². The Bertz CT molecular complexity index is 1610. The maximum absolute atomic E-state index is 13.7. The van der Waals surface area contributed by atoms with E-state index in [2.05, 4.69) is 51.2 Å². The van der Waals surface area contributed by atoms with Crippen LogP contribution >= 0.6 is 0 Å². The van der Waals surface area contributed by atoms with E-state index >= 15 is 0 Å². The number of piperidine rings is 1. The molecule has 2 N–H and O–H groups in total. The molecule has 0 unspecified atom stereocenters. The van der Waals surface area contributed by atoms with Gasteiger partial charge in [0.2, 0.25) is 0 Å². The predicted octanol–water partition coefficient (Wildman–Crippen LogP) is 5.82. The lowest BCUT2D eigenvalue weighted by Gasteiger charge is -2.26. The van der Waals surface area contributed by atoms with Crippen molar-refractivity contribution < 1.29 is 14.7 Å². The summed E-state index contributed by atoms with van der Waals surface area (Å²) in [5, 5.41) is 14.3. The third-order valence-corrected chi connectivity index (χ3v) is 7.89. The van der Waals surface area contributed by atoms with Gasteiger partial charge >= 0.3 is 5.97 Å². The minimum absolute atomic E-state index is 0.147. The number of hydrogen-bond acceptors (Lipinski definition) is 4. The van der Waals surface area contributed by atoms with Gasteiger partial charge < -0.3 is 19.9 Å². The van der Waals surface area contributed by atoms with Crippen LogP contribution in [0.1, 0.15) is 46.3 Å². The van der Waals surface area contributed by atoms with E-state index in [0.29, 0.717) is 22.5 Å². The number of carbonyl (C=O) groups excluding carboxylic acids is 1. The summed E-state index contributed by atoms with van der Waals surface area (Å²) in [4.78, 5) is 29.5. The van der Waals surface area contributed by atoms with E-state index in [9.17, 15) is 14.7 Å². The Morgan fingerprint density at radius 2 is 1.64 bits per heavy atom. The quantitative estimate of drug-likeness (QED) is 0.313. The monoisotopic (exact) mass is 520 g/mol. The van der Waals surface area contributed by atoms with Crippen molar-refractivity contribution in [1.82, 2.24) is 9.47 Å². The van der Waals surface area contributed by atoms with Crippen molar-refractivity contribution in [3.63, 3.8) is 0 Å². The minimum atomic E-state index is -1.02. The zero-order valence-electron chi connectivity index (χ0n) is 22.3. The molecule has 7 heteroatoms. The van der Waals surface area contributed by atoms with Gasteiger partial charge in [-0.1, -0.05) is 24.6 Å². The molecule has 0 aliphatic carbocycles. The van der Waals surface area contributed by atoms with E-state index in [1.165, 1.54) is 30.9 Å². The lowest BCUT2D eigenvalue weighted by Crippen LogP contribution is -2.29. The summed E-state index contributed by atoms with van der Waals surface area (Å²) in [6, 6.07) is 21.4. The normalized spacial score (nSPS) is 17.0. The van der Waals surface area contributed by atoms with E-state index in [1.54, 1.807) is 24.1 Å². The minimum Gasteiger partial charge on any atom is -0.478 e. The van der Waals surface area contributed by atoms with Crippen molar-refractivity contribution in [2.45, 2.75) is 25.8 Å². The molecule has 0 bridgehead atoms. The first-order valence-electron chi connectivity index (χ1n) is 13.4. The summed E-state index contributed by atoms with van der Waals surface area (Å²) < 4.78 is 2.06. The van der Waals surface area contributed by atoms with Crippen molar-refractivity contribution in [2.75, 3.05) is 30.4 Å². The summed E-state index contributed by atoms with van der Waals surface area (Å²) >= 11 is 0. The first-order valence-corrected chi connectivity index (χ1v) is 13.4. The Morgan fingerprint density at radius 1 is 0.897 bits per heavy atom. The molecule has 4 aromatic rings. The lowest BCUT2D eigenvalue weighted by molar-refractivity contribution is -0.112. The van der Waals surface area contributed by atoms with Gasteiger partial charge in [-0.05, 0) is 85.6 Å². The molecule has 2 aliphatic rings. The number of likely N-dealkylation sites (tertiary alicyclic amines) is 1. The Hall–Kier alpha value is -4.36. The number of likely N-dealkylation sites (N-methyl/N-ethyl adjacent to an activating group) is 1. The van der Waals surface area contributed by atoms with Crippen LogP contribution in [-0.2, 0) is 18.4 Å². The van der Waals surface area contributed by atoms with Crippen LogP contribution in [0.3, 0.4) is 0 Å². The highest BCUT2D eigenvalue weighted by Gasteiger charge is 2.34. The van der Waals surface area contributed by atoms with Crippen LogP contribution in [0.5, 0.6) is 0 Å². The van der Waals surface area contributed by atoms with Crippen LogP contribution in [0.2, 0.25) is 0 Å². The maximum Gasteiger partial charge on any atom is 0.335 e. The fourth-order valence-corrected chi connectivity index (χ4v) is 5.73. The number of rotatable bonds is 6. The number of carboxylic acid groups (broad SMARTS) is 1. The van der Waals surface area contributed by atoms with Gasteiger partial charge in [-0.3, -0.25) is 9.69 Å². The second-order valence-corrected chi connectivity index (χ2v) is 10.5. The van der Waals surface area contributed by atoms with Crippen LogP contribution in [-0.4, -0.2) is 46.6 Å². The summed E-state index contributed by atoms with van der Waals surface area (Å²) in [5.74, 6) is -1.20. The third-order valence-electron chi connectivity index (χ3n) is 7.89. The Labute approximate surface area is 228 Å². The summed E-state index contributed by atoms with van der Waals surface area (Å²) in [6.07, 6.45) is 5.85. The van der Waals surface area contributed by atoms with E-state index in [1.807, 2.05) is 25.4 Å². The highest BCUT2D eigenvalue weighted by atomic mass is 16.4. The van der Waals surface area contributed by atoms with E-state index in [0.717, 1.165) is 41.8 Å². The molecule has 0 spiro atoms. The molecule has 1 saturated heterocycles. The second-order valence-electron chi connectivity index (χ2n) is 10.5. The molecule has 0 saturated carbocycles. The van der Waals surface area contributed by atoms with Gasteiger partial charge in [-0.25, -0.2) is 4.79 Å². The van der Waals surface area contributed by atoms with Gasteiger partial charge in [0, 0.05) is 49.0 Å². The number of nitrogens with zero attached hydrogens (tertiary/aromatic N) is 3. The number of nitrogens with one attached hydrogen (secondary N) is 1. The molecular weight excluding hydrogens is 488 g/mol. The summed E-state index contributed by atoms with van der Waals surface area (Å²) in [6.45, 7) is 3.23. The van der Waals surface area contributed by atoms with Crippen LogP contribution in [0.15, 0.2) is 72.9 Å². The lowest BCUT2D eigenvalue weighted by atomic mass is 9.97. The van der Waals surface area contributed by atoms with Gasteiger partial charge in [0.15, 0.2) is 0 Å². The molecular formula is C32H32N4O3. The number of carbonyl (C=O) groups is 2. The standard InChI is InChI=1S/C32H32N4O3/c1-34-17-14-22-18-23(8-12-27(22)34)30(29-26-19-24(32(38)39)9-13-28(26)35(2)31(29)37)33-25-10-6-21(7-11-25)20-36-15-4-3-5-16-36/h6-14,17-19,33H,3-5,15-16,20H2,1-2H3,(H,38,39). The molecule has 1 amide bonds. The van der Waals surface area contributed by atoms with Crippen molar-refractivity contribution in [1.29, 1.82) is 0 Å². The SMILES string of the molecule is CN1C(=O)C(=C(Nc2ccc(CN3CCCCC3)cc2)c2ccc3c(ccn3C)c2)c2cc(C(=O)O)ccc21. The highest BCUT2D eigenvalue weighted by molar-refractivity contribution is 6.38. The molecule has 1 aromatic heterocycles. The molecule has 0 atom stereocenters. The molecule has 7 nitrogen and oxygen atoms in total. The second kappa shape index (κ2) is 10.1. The van der Waals surface area contributed by atoms with Crippen molar-refractivity contribution >= 4 is 45.4 Å². The first kappa shape index (κ1) is 24.9. The van der Waals surface area contributed by atoms with Gasteiger partial charge in [0.05, 0.1) is 22.5 Å². The summed E-state index contributed by atoms with van der Waals surface area (Å²) in [7, 11) is 3.73. The van der Waals surface area contributed by atoms with E-state index < -0.39 is 5.97 Å². The number of fused-ring (bicyclic) bond motifs is 2. The Kier molecular flexibility index (Phi) is 6.45. The van der Waals surface area contributed by atoms with Crippen LogP contribution in [0.4, 0.5) is 11.4 Å². The Balaban J connectivity index is 1.44. The van der Waals surface area contributed by atoms with Crippen molar-refractivity contribution in [3.8, 4) is 0 Å². The van der Waals surface area contributed by atoms with Crippen molar-refractivity contribution in [3.05, 3.63) is 95.2 Å². The average molecular weight is 521 g/mol. The van der Waals surface area contributed by atoms with Gasteiger partial charge in [0.1, 0.15) is 0 Å². The maximum atomic E-state index is 13.7. The molecule has 1 fully saturated rings. The zero-order valence-corrected chi connectivity index (χ0v) is 22.3. The highest BCUT2D eigenvalue weighted by Crippen LogP contribution is 2.41. The number of benzene rings is 3. The fourth-order valence-electron chi connectivity index (χ4n) is 5.73. The number of carboxylic acids is 1. The van der Waals surface area contributed by atoms with Crippen LogP contribution in [0.25, 0.3) is 22.2 Å². The van der Waals surface area contributed by atoms with Crippen LogP contribution in [0, 0.1) is 0 Å². The van der Waals surface area contributed by atoms with E-state index in [-0.39, 0.29) is 11.5 Å². The molecule has 2 aliphatic heterocycles. The Morgan fingerprint density at radius 3 is 2.38 bits per heavy atom. The van der Waals surface area contributed by atoms with Gasteiger partial charge in [-0.15, -0.1) is 0 Å². The molecule has 3 heterocycles. The number of aromatic carboxylic acids is 1. The molecule has 198 valence electrons. The average Bonchev–Trinajstić information content (AvgIpc) is 3.44. The molecule has 39 heavy (non-hydrogen) atoms. The topological polar surface area (TPSA) is 77.8 Å². The largest absolute Gasteiger partial charge is 0.478 e. The third kappa shape index (κ3) is 4.70. The first-order chi connectivity index (χ1) is 18.9. The molecule has 6 rings (SSSR count). The number of aryl methyl sites for hydroxylation is 1.